The van der Waals surface area contributed by atoms with Crippen molar-refractivity contribution >= 4 is 124 Å². The van der Waals surface area contributed by atoms with Gasteiger partial charge in [0.05, 0.1) is 83.6 Å². The number of amides is 2. The lowest BCUT2D eigenvalue weighted by atomic mass is 9.85. The quantitative estimate of drug-likeness (QED) is 0.0890. The van der Waals surface area contributed by atoms with Crippen molar-refractivity contribution in [3.8, 4) is 6.07 Å². The zero-order valence-corrected chi connectivity index (χ0v) is 47.2. The van der Waals surface area contributed by atoms with Crippen LogP contribution in [0.4, 0.5) is 0 Å². The minimum absolute atomic E-state index is 0.114. The van der Waals surface area contributed by atoms with E-state index < -0.39 is 16.4 Å². The second-order valence-electron chi connectivity index (χ2n) is 18.0. The highest BCUT2D eigenvalue weighted by atomic mass is 127. The molecule has 0 fully saturated rings. The number of hydrogen-bond donors (Lipinski definition) is 3. The van der Waals surface area contributed by atoms with Crippen LogP contribution < -0.4 is 16.8 Å². The van der Waals surface area contributed by atoms with E-state index in [2.05, 4.69) is 153 Å². The largest absolute Gasteiger partial charge is 0.369 e. The van der Waals surface area contributed by atoms with E-state index in [-0.39, 0.29) is 17.4 Å². The van der Waals surface area contributed by atoms with Crippen molar-refractivity contribution in [3.63, 3.8) is 0 Å². The Hall–Kier alpha value is -3.93. The van der Waals surface area contributed by atoms with Gasteiger partial charge in [-0.15, -0.1) is 0 Å². The number of nitriles is 1. The van der Waals surface area contributed by atoms with Crippen molar-refractivity contribution in [2.24, 2.45) is 11.5 Å². The summed E-state index contributed by atoms with van der Waals surface area (Å²) in [4.78, 5) is 23.4. The number of nitrogens with zero attached hydrogens (tertiary/aromatic N) is 9. The number of unbranched alkanes of at least 4 members (excludes halogenated alkanes) is 2. The average molecular weight is 1340 g/mol. The van der Waals surface area contributed by atoms with E-state index in [0.717, 1.165) is 77.9 Å². The van der Waals surface area contributed by atoms with Crippen LogP contribution in [0.2, 0.25) is 0 Å². The molecule has 0 bridgehead atoms. The number of pyridine rings is 4. The third-order valence-electron chi connectivity index (χ3n) is 11.1. The molecule has 0 aliphatic carbocycles. The summed E-state index contributed by atoms with van der Waals surface area (Å²) in [6.45, 7) is 17.6. The molecule has 2 amide bonds. The number of fused-ring (bicyclic) bond motifs is 4. The highest BCUT2D eigenvalue weighted by molar-refractivity contribution is 14.1. The predicted octanol–water partition coefficient (Wildman–Crippen LogP) is 10.4. The van der Waals surface area contributed by atoms with Gasteiger partial charge in [0.15, 0.2) is 0 Å². The van der Waals surface area contributed by atoms with Gasteiger partial charge >= 0.3 is 0 Å². The van der Waals surface area contributed by atoms with Crippen molar-refractivity contribution in [2.75, 3.05) is 0 Å². The minimum atomic E-state index is -0.675. The Morgan fingerprint density at radius 3 is 1.36 bits per heavy atom. The summed E-state index contributed by atoms with van der Waals surface area (Å²) < 4.78 is 11.8. The van der Waals surface area contributed by atoms with Gasteiger partial charge in [-0.05, 0) is 199 Å². The smallest absolute Gasteiger partial charge is 0.227 e. The topological polar surface area (TPSA) is 191 Å². The van der Waals surface area contributed by atoms with E-state index in [1.165, 1.54) is 0 Å². The summed E-state index contributed by atoms with van der Waals surface area (Å²) in [5.41, 5.74) is 17.9. The van der Waals surface area contributed by atoms with Crippen LogP contribution in [-0.2, 0) is 31.5 Å². The summed E-state index contributed by atoms with van der Waals surface area (Å²) in [5.74, 6) is -0.225. The molecule has 8 aromatic heterocycles. The van der Waals surface area contributed by atoms with E-state index >= 15 is 0 Å². The fourth-order valence-corrected chi connectivity index (χ4v) is 8.73. The van der Waals surface area contributed by atoms with Crippen LogP contribution in [-0.4, -0.2) is 50.3 Å². The van der Waals surface area contributed by atoms with Gasteiger partial charge in [0.25, 0.3) is 0 Å². The number of hydrogen-bond acceptors (Lipinski definition) is 8. The zero-order valence-electron chi connectivity index (χ0n) is 38.6. The van der Waals surface area contributed by atoms with Gasteiger partial charge in [-0.2, -0.15) is 25.7 Å². The zero-order chi connectivity index (χ0) is 48.8. The molecular weight excluding hydrogens is 1280 g/mol. The number of rotatable bonds is 10. The van der Waals surface area contributed by atoms with E-state index in [1.807, 2.05) is 137 Å². The summed E-state index contributed by atoms with van der Waals surface area (Å²) in [5, 5.41) is 29.2. The van der Waals surface area contributed by atoms with Gasteiger partial charge in [0.2, 0.25) is 11.8 Å². The molecule has 348 valence electrons. The van der Waals surface area contributed by atoms with E-state index in [0.29, 0.717) is 6.42 Å². The van der Waals surface area contributed by atoms with E-state index in [9.17, 15) is 9.59 Å². The predicted molar refractivity (Wildman–Crippen MR) is 295 cm³/mol. The highest BCUT2D eigenvalue weighted by Gasteiger charge is 2.28. The first-order chi connectivity index (χ1) is 30.9. The number of aromatic nitrogens is 8. The SMILES string of the molecule is CC(C)(C#N)c1ccc2c(I)cnn2c1.CC(C)(C(N)=O)c1ccc2c(I)cnn2c1.CC(C)(N)c1ccc2c(I)cnn2c1.CCCCCC(=O)NC(C)(C)c1ccc2c(I)cnn2c1. The second kappa shape index (κ2) is 22.0. The van der Waals surface area contributed by atoms with Crippen LogP contribution in [0.1, 0.15) is 110 Å². The maximum atomic E-state index is 12.0. The molecule has 5 N–H and O–H groups in total. The molecule has 0 spiro atoms. The molecule has 0 saturated carbocycles. The molecule has 8 rings (SSSR count). The van der Waals surface area contributed by atoms with Gasteiger partial charge < -0.3 is 16.8 Å². The van der Waals surface area contributed by atoms with Crippen molar-refractivity contribution < 1.29 is 9.59 Å². The van der Waals surface area contributed by atoms with Gasteiger partial charge in [0.1, 0.15) is 0 Å². The van der Waals surface area contributed by atoms with Gasteiger partial charge in [-0.3, -0.25) is 9.59 Å². The Labute approximate surface area is 440 Å². The number of carbonyl (C=O) groups is 2. The lowest BCUT2D eigenvalue weighted by Gasteiger charge is -2.27. The molecule has 0 aliphatic heterocycles. The maximum Gasteiger partial charge on any atom is 0.227 e. The lowest BCUT2D eigenvalue weighted by Crippen LogP contribution is -2.41. The second-order valence-corrected chi connectivity index (χ2v) is 22.7. The lowest BCUT2D eigenvalue weighted by molar-refractivity contribution is -0.123. The fraction of sp³-hybridized carbons (Fsp3) is 0.354. The molecule has 66 heavy (non-hydrogen) atoms. The molecule has 0 radical (unpaired) electrons. The van der Waals surface area contributed by atoms with E-state index in [4.69, 9.17) is 16.7 Å². The molecule has 0 unspecified atom stereocenters. The summed E-state index contributed by atoms with van der Waals surface area (Å²) in [6.07, 6.45) is 18.8. The summed E-state index contributed by atoms with van der Waals surface area (Å²) >= 11 is 9.01. The Morgan fingerprint density at radius 2 is 0.970 bits per heavy atom. The molecule has 0 saturated heterocycles. The van der Waals surface area contributed by atoms with Crippen LogP contribution in [0.3, 0.4) is 0 Å². The first-order valence-electron chi connectivity index (χ1n) is 21.2. The Kier molecular flexibility index (Phi) is 17.7. The molecule has 0 atom stereocenters. The Bertz CT molecular complexity index is 3020. The molecular formula is C48H56I4N12O2. The number of primary amides is 1. The number of nitrogens with one attached hydrogen (secondary N) is 1. The fourth-order valence-electron chi connectivity index (χ4n) is 6.53. The van der Waals surface area contributed by atoms with Gasteiger partial charge in [-0.1, -0.05) is 44.0 Å². The van der Waals surface area contributed by atoms with Crippen molar-refractivity contribution in [1.29, 1.82) is 5.26 Å². The van der Waals surface area contributed by atoms with Crippen LogP contribution >= 0.6 is 90.4 Å². The summed E-state index contributed by atoms with van der Waals surface area (Å²) in [7, 11) is 0. The first-order valence-corrected chi connectivity index (χ1v) is 25.6. The normalized spacial score (nSPS) is 11.9. The number of carbonyl (C=O) groups excluding carboxylic acids is 2. The molecule has 8 aromatic rings. The van der Waals surface area contributed by atoms with Gasteiger partial charge in [0, 0.05) is 36.7 Å². The standard InChI is InChI=1S/C16H22IN3O.C11H12IN3O.C11H10IN3.C10H12IN3/c1-4-5-6-7-15(21)19-16(2,3)12-8-9-14-13(17)10-18-20(14)11-12;1-11(2,10(13)16)7-3-4-9-8(12)5-14-15(9)6-7;1-11(2,7-13)8-3-4-10-9(12)5-14-15(10)6-8;1-10(2,12)7-3-4-9-8(11)5-13-14(9)6-7/h8-11H,4-7H2,1-3H3,(H,19,21);3-6H,1-2H3,(H2,13,16);3-6H,1-2H3;3-6H,12H2,1-2H3. The van der Waals surface area contributed by atoms with Crippen molar-refractivity contribution in [2.45, 2.75) is 110 Å². The number of halogens is 4. The number of nitrogens with two attached hydrogens (primary N) is 2. The Balaban J connectivity index is 0.000000167. The van der Waals surface area contributed by atoms with Crippen LogP contribution in [0.5, 0.6) is 0 Å². The molecule has 14 nitrogen and oxygen atoms in total. The maximum absolute atomic E-state index is 12.0. The molecule has 18 heteroatoms. The average Bonchev–Trinajstić information content (AvgIpc) is 4.05. The monoisotopic (exact) mass is 1340 g/mol. The molecule has 0 aromatic carbocycles. The first kappa shape index (κ1) is 53.0. The molecule has 8 heterocycles. The highest BCUT2D eigenvalue weighted by Crippen LogP contribution is 2.27. The Morgan fingerprint density at radius 1 is 0.606 bits per heavy atom. The van der Waals surface area contributed by atoms with Crippen LogP contribution in [0, 0.1) is 25.6 Å². The van der Waals surface area contributed by atoms with Crippen molar-refractivity contribution in [3.05, 3.63) is 135 Å². The van der Waals surface area contributed by atoms with E-state index in [1.54, 1.807) is 10.7 Å². The third kappa shape index (κ3) is 13.0. The van der Waals surface area contributed by atoms with Crippen LogP contribution in [0.15, 0.2) is 98.1 Å². The van der Waals surface area contributed by atoms with Crippen molar-refractivity contribution in [1.82, 2.24) is 43.8 Å². The minimum Gasteiger partial charge on any atom is -0.369 e. The molecule has 0 aliphatic rings. The summed E-state index contributed by atoms with van der Waals surface area (Å²) in [6, 6.07) is 18.4. The van der Waals surface area contributed by atoms with Gasteiger partial charge in [-0.25, -0.2) is 18.1 Å². The third-order valence-corrected chi connectivity index (χ3v) is 14.5. The van der Waals surface area contributed by atoms with Crippen LogP contribution in [0.25, 0.3) is 22.1 Å².